The highest BCUT2D eigenvalue weighted by atomic mass is 16.5. The third kappa shape index (κ3) is 3.70. The summed E-state index contributed by atoms with van der Waals surface area (Å²) in [5.41, 5.74) is -1.20. The van der Waals surface area contributed by atoms with E-state index in [2.05, 4.69) is 10.3 Å². The van der Waals surface area contributed by atoms with Gasteiger partial charge >= 0.3 is 5.69 Å². The minimum atomic E-state index is -0.652. The number of hydrogen-bond donors (Lipinski definition) is 3. The number of aryl methyl sites for hydroxylation is 1. The molecule has 0 aromatic carbocycles. The van der Waals surface area contributed by atoms with Crippen LogP contribution in [0.1, 0.15) is 39.0 Å². The van der Waals surface area contributed by atoms with Gasteiger partial charge in [0.15, 0.2) is 0 Å². The SMILES string of the molecule is Cc1cn([C@H]2C[C@H](NC(=O)C(C)(C)C)[C@H](CO)O2)c(=O)[nH]c1=O. The third-order valence-corrected chi connectivity index (χ3v) is 3.87. The summed E-state index contributed by atoms with van der Waals surface area (Å²) in [5, 5.41) is 12.3. The summed E-state index contributed by atoms with van der Waals surface area (Å²) in [6.45, 7) is 6.69. The zero-order chi connectivity index (χ0) is 17.4. The Bertz CT molecular complexity index is 700. The number of aromatic nitrogens is 2. The number of ether oxygens (including phenoxy) is 1. The number of carbonyl (C=O) groups excluding carboxylic acids is 1. The molecule has 128 valence electrons. The number of nitrogens with zero attached hydrogens (tertiary/aromatic N) is 1. The lowest BCUT2D eigenvalue weighted by molar-refractivity contribution is -0.129. The van der Waals surface area contributed by atoms with Crippen molar-refractivity contribution in [2.45, 2.75) is 52.5 Å². The van der Waals surface area contributed by atoms with Gasteiger partial charge in [-0.2, -0.15) is 0 Å². The van der Waals surface area contributed by atoms with Crippen LogP contribution in [-0.4, -0.2) is 39.3 Å². The van der Waals surface area contributed by atoms with Crippen molar-refractivity contribution >= 4 is 5.91 Å². The average molecular weight is 325 g/mol. The Morgan fingerprint density at radius 3 is 2.70 bits per heavy atom. The molecule has 0 aliphatic carbocycles. The molecule has 1 saturated heterocycles. The zero-order valence-electron chi connectivity index (χ0n) is 13.8. The van der Waals surface area contributed by atoms with Crippen molar-refractivity contribution in [2.24, 2.45) is 5.41 Å². The lowest BCUT2D eigenvalue weighted by Gasteiger charge is -2.23. The Hall–Kier alpha value is -1.93. The van der Waals surface area contributed by atoms with Crippen LogP contribution in [0.5, 0.6) is 0 Å². The number of aliphatic hydroxyl groups excluding tert-OH is 1. The Morgan fingerprint density at radius 1 is 1.48 bits per heavy atom. The molecule has 2 rings (SSSR count). The maximum Gasteiger partial charge on any atom is 0.330 e. The number of nitrogens with one attached hydrogen (secondary N) is 2. The molecule has 0 radical (unpaired) electrons. The van der Waals surface area contributed by atoms with Crippen LogP contribution in [0.3, 0.4) is 0 Å². The highest BCUT2D eigenvalue weighted by Crippen LogP contribution is 2.28. The lowest BCUT2D eigenvalue weighted by Crippen LogP contribution is -2.46. The molecule has 0 saturated carbocycles. The van der Waals surface area contributed by atoms with E-state index in [1.54, 1.807) is 27.7 Å². The molecule has 2 heterocycles. The standard InChI is InChI=1S/C15H23N3O5/c1-8-6-18(14(22)17-12(8)20)11-5-9(10(7-19)23-11)16-13(21)15(2,3)4/h6,9-11,19H,5,7H2,1-4H3,(H,16,21)(H,17,20,22)/t9-,10-,11+/m0/s1. The second-order valence-corrected chi connectivity index (χ2v) is 6.86. The summed E-state index contributed by atoms with van der Waals surface area (Å²) in [5.74, 6) is -0.157. The van der Waals surface area contributed by atoms with E-state index in [1.807, 2.05) is 0 Å². The molecule has 8 nitrogen and oxygen atoms in total. The average Bonchev–Trinajstić information content (AvgIpc) is 2.84. The fraction of sp³-hybridized carbons (Fsp3) is 0.667. The van der Waals surface area contributed by atoms with E-state index in [0.717, 1.165) is 0 Å². The van der Waals surface area contributed by atoms with E-state index in [1.165, 1.54) is 10.8 Å². The molecule has 0 bridgehead atoms. The van der Waals surface area contributed by atoms with Crippen LogP contribution in [0.4, 0.5) is 0 Å². The van der Waals surface area contributed by atoms with Crippen molar-refractivity contribution in [1.29, 1.82) is 0 Å². The van der Waals surface area contributed by atoms with Crippen molar-refractivity contribution in [3.05, 3.63) is 32.6 Å². The largest absolute Gasteiger partial charge is 0.394 e. The Labute approximate surface area is 133 Å². The number of aliphatic hydroxyl groups is 1. The zero-order valence-corrected chi connectivity index (χ0v) is 13.8. The van der Waals surface area contributed by atoms with Gasteiger partial charge in [0.2, 0.25) is 5.91 Å². The number of rotatable bonds is 3. The van der Waals surface area contributed by atoms with Crippen LogP contribution in [0.15, 0.2) is 15.8 Å². The summed E-state index contributed by atoms with van der Waals surface area (Å²) >= 11 is 0. The predicted octanol–water partition coefficient (Wildman–Crippen LogP) is -0.344. The Balaban J connectivity index is 2.22. The molecule has 1 aromatic heterocycles. The Kier molecular flexibility index (Phi) is 4.76. The summed E-state index contributed by atoms with van der Waals surface area (Å²) in [4.78, 5) is 37.7. The molecule has 0 unspecified atom stereocenters. The third-order valence-electron chi connectivity index (χ3n) is 3.87. The molecule has 23 heavy (non-hydrogen) atoms. The first-order valence-electron chi connectivity index (χ1n) is 7.53. The first-order valence-corrected chi connectivity index (χ1v) is 7.53. The van der Waals surface area contributed by atoms with Crippen molar-refractivity contribution < 1.29 is 14.6 Å². The topological polar surface area (TPSA) is 113 Å². The van der Waals surface area contributed by atoms with E-state index in [4.69, 9.17) is 4.74 Å². The van der Waals surface area contributed by atoms with Crippen molar-refractivity contribution in [3.63, 3.8) is 0 Å². The first kappa shape index (κ1) is 17.4. The van der Waals surface area contributed by atoms with Gasteiger partial charge in [0.05, 0.1) is 12.6 Å². The smallest absolute Gasteiger partial charge is 0.330 e. The van der Waals surface area contributed by atoms with E-state index < -0.39 is 35.0 Å². The molecule has 3 N–H and O–H groups in total. The van der Waals surface area contributed by atoms with Gasteiger partial charge in [-0.3, -0.25) is 19.1 Å². The second-order valence-electron chi connectivity index (χ2n) is 6.86. The van der Waals surface area contributed by atoms with Crippen LogP contribution in [0.25, 0.3) is 0 Å². The molecule has 8 heteroatoms. The quantitative estimate of drug-likeness (QED) is 0.703. The normalized spacial score (nSPS) is 24.7. The maximum atomic E-state index is 12.1. The molecular formula is C15H23N3O5. The predicted molar refractivity (Wildman–Crippen MR) is 83.1 cm³/mol. The van der Waals surface area contributed by atoms with E-state index in [-0.39, 0.29) is 12.5 Å². The van der Waals surface area contributed by atoms with Crippen LogP contribution in [0, 0.1) is 12.3 Å². The van der Waals surface area contributed by atoms with Gasteiger partial charge in [-0.05, 0) is 6.92 Å². The van der Waals surface area contributed by atoms with Crippen LogP contribution < -0.4 is 16.6 Å². The van der Waals surface area contributed by atoms with Gasteiger partial charge in [-0.25, -0.2) is 4.79 Å². The van der Waals surface area contributed by atoms with Crippen LogP contribution in [0.2, 0.25) is 0 Å². The summed E-state index contributed by atoms with van der Waals surface area (Å²) in [7, 11) is 0. The fourth-order valence-corrected chi connectivity index (χ4v) is 2.41. The van der Waals surface area contributed by atoms with E-state index in [9.17, 15) is 19.5 Å². The fourth-order valence-electron chi connectivity index (χ4n) is 2.41. The van der Waals surface area contributed by atoms with Crippen LogP contribution >= 0.6 is 0 Å². The molecular weight excluding hydrogens is 302 g/mol. The summed E-state index contributed by atoms with van der Waals surface area (Å²) in [6, 6.07) is -0.407. The van der Waals surface area contributed by atoms with Gasteiger partial charge in [0, 0.05) is 23.6 Å². The first-order chi connectivity index (χ1) is 10.6. The van der Waals surface area contributed by atoms with Crippen molar-refractivity contribution in [1.82, 2.24) is 14.9 Å². The number of H-pyrrole nitrogens is 1. The lowest BCUT2D eigenvalue weighted by atomic mass is 9.94. The van der Waals surface area contributed by atoms with Gasteiger partial charge in [-0.15, -0.1) is 0 Å². The van der Waals surface area contributed by atoms with Gasteiger partial charge in [0.25, 0.3) is 5.56 Å². The number of carbonyl (C=O) groups is 1. The summed E-state index contributed by atoms with van der Waals surface area (Å²) in [6.07, 6.45) is 0.498. The van der Waals surface area contributed by atoms with E-state index in [0.29, 0.717) is 12.0 Å². The molecule has 1 aliphatic rings. The molecule has 1 aliphatic heterocycles. The number of amides is 1. The Morgan fingerprint density at radius 2 is 2.13 bits per heavy atom. The number of aromatic amines is 1. The highest BCUT2D eigenvalue weighted by molar-refractivity contribution is 5.81. The monoisotopic (exact) mass is 325 g/mol. The van der Waals surface area contributed by atoms with Crippen LogP contribution in [-0.2, 0) is 9.53 Å². The summed E-state index contributed by atoms with van der Waals surface area (Å²) < 4.78 is 6.96. The number of hydrogen-bond acceptors (Lipinski definition) is 5. The van der Waals surface area contributed by atoms with Gasteiger partial charge in [0.1, 0.15) is 12.3 Å². The molecule has 1 amide bonds. The van der Waals surface area contributed by atoms with Gasteiger partial charge < -0.3 is 15.2 Å². The second kappa shape index (κ2) is 6.29. The molecule has 3 atom stereocenters. The minimum Gasteiger partial charge on any atom is -0.394 e. The molecule has 1 aromatic rings. The highest BCUT2D eigenvalue weighted by Gasteiger charge is 2.38. The van der Waals surface area contributed by atoms with Gasteiger partial charge in [-0.1, -0.05) is 20.8 Å². The maximum absolute atomic E-state index is 12.1. The minimum absolute atomic E-state index is 0.157. The molecule has 0 spiro atoms. The van der Waals surface area contributed by atoms with Crippen molar-refractivity contribution in [2.75, 3.05) is 6.61 Å². The van der Waals surface area contributed by atoms with Crippen molar-refractivity contribution in [3.8, 4) is 0 Å². The van der Waals surface area contributed by atoms with E-state index >= 15 is 0 Å². The molecule has 1 fully saturated rings.